The van der Waals surface area contributed by atoms with Crippen LogP contribution in [0.5, 0.6) is 0 Å². The number of esters is 1. The summed E-state index contributed by atoms with van der Waals surface area (Å²) in [6.07, 6.45) is -0.703. The number of rotatable bonds is 4. The standard InChI is InChI=1S/C20H18N2O4S2/c1-9-10(2)25-11(3)15(9)20(24)26-12(4)17-21-18(23)16-13(8-28-19(16)22-17)14-6-5-7-27-14/h5-8,12H,1-4H3,(H,21,22,23)/t12-/m0/s1. The molecule has 0 aromatic carbocycles. The number of aryl methyl sites for hydroxylation is 2. The third-order valence-electron chi connectivity index (χ3n) is 4.68. The Balaban J connectivity index is 1.66. The lowest BCUT2D eigenvalue weighted by Crippen LogP contribution is -2.17. The van der Waals surface area contributed by atoms with Crippen molar-refractivity contribution in [2.24, 2.45) is 0 Å². The Kier molecular flexibility index (Phi) is 4.68. The number of hydrogen-bond acceptors (Lipinski definition) is 7. The van der Waals surface area contributed by atoms with E-state index in [1.54, 1.807) is 32.1 Å². The summed E-state index contributed by atoms with van der Waals surface area (Å²) in [6, 6.07) is 3.92. The molecule has 28 heavy (non-hydrogen) atoms. The van der Waals surface area contributed by atoms with Gasteiger partial charge >= 0.3 is 5.97 Å². The zero-order valence-electron chi connectivity index (χ0n) is 15.8. The number of H-pyrrole nitrogens is 1. The molecule has 4 rings (SSSR count). The number of aromatic amines is 1. The normalized spacial score (nSPS) is 12.4. The zero-order valence-corrected chi connectivity index (χ0v) is 17.4. The van der Waals surface area contributed by atoms with Gasteiger partial charge in [-0.25, -0.2) is 9.78 Å². The highest BCUT2D eigenvalue weighted by molar-refractivity contribution is 7.18. The summed E-state index contributed by atoms with van der Waals surface area (Å²) in [5, 5.41) is 4.46. The first-order chi connectivity index (χ1) is 13.4. The van der Waals surface area contributed by atoms with Crippen LogP contribution in [-0.2, 0) is 4.74 Å². The number of hydrogen-bond donors (Lipinski definition) is 1. The predicted octanol–water partition coefficient (Wildman–Crippen LogP) is 5.15. The average Bonchev–Trinajstić information content (AvgIpc) is 3.35. The molecule has 0 radical (unpaired) electrons. The van der Waals surface area contributed by atoms with Gasteiger partial charge in [0, 0.05) is 21.4 Å². The molecule has 0 fully saturated rings. The van der Waals surface area contributed by atoms with Crippen molar-refractivity contribution in [3.05, 3.63) is 61.7 Å². The van der Waals surface area contributed by atoms with E-state index in [1.165, 1.54) is 11.3 Å². The first-order valence-electron chi connectivity index (χ1n) is 8.69. The molecule has 0 unspecified atom stereocenters. The molecule has 0 spiro atoms. The Morgan fingerprint density at radius 2 is 2.04 bits per heavy atom. The fourth-order valence-corrected chi connectivity index (χ4v) is 4.91. The summed E-state index contributed by atoms with van der Waals surface area (Å²) in [7, 11) is 0. The van der Waals surface area contributed by atoms with Gasteiger partial charge in [-0.05, 0) is 39.1 Å². The topological polar surface area (TPSA) is 85.2 Å². The summed E-state index contributed by atoms with van der Waals surface area (Å²) in [5.74, 6) is 1.03. The molecule has 4 aromatic heterocycles. The van der Waals surface area contributed by atoms with Crippen molar-refractivity contribution >= 4 is 38.9 Å². The molecule has 4 heterocycles. The van der Waals surface area contributed by atoms with E-state index in [-0.39, 0.29) is 5.56 Å². The van der Waals surface area contributed by atoms with Crippen molar-refractivity contribution in [3.8, 4) is 10.4 Å². The number of carbonyl (C=O) groups excluding carboxylic acids is 1. The van der Waals surface area contributed by atoms with Crippen LogP contribution < -0.4 is 5.56 Å². The first kappa shape index (κ1) is 18.6. The molecule has 144 valence electrons. The molecule has 1 N–H and O–H groups in total. The second kappa shape index (κ2) is 7.03. The lowest BCUT2D eigenvalue weighted by molar-refractivity contribution is 0.0317. The van der Waals surface area contributed by atoms with Gasteiger partial charge in [0.25, 0.3) is 5.56 Å². The second-order valence-electron chi connectivity index (χ2n) is 6.52. The molecule has 0 bridgehead atoms. The Morgan fingerprint density at radius 1 is 1.25 bits per heavy atom. The summed E-state index contributed by atoms with van der Waals surface area (Å²) >= 11 is 2.97. The first-order valence-corrected chi connectivity index (χ1v) is 10.5. The maximum absolute atomic E-state index is 12.7. The van der Waals surface area contributed by atoms with Gasteiger partial charge in [-0.2, -0.15) is 0 Å². The predicted molar refractivity (Wildman–Crippen MR) is 110 cm³/mol. The van der Waals surface area contributed by atoms with E-state index in [2.05, 4.69) is 9.97 Å². The van der Waals surface area contributed by atoms with Crippen LogP contribution in [0, 0.1) is 20.8 Å². The van der Waals surface area contributed by atoms with Gasteiger partial charge in [0.05, 0.1) is 5.39 Å². The Bertz CT molecular complexity index is 1230. The number of ether oxygens (including phenoxy) is 1. The number of nitrogens with zero attached hydrogens (tertiary/aromatic N) is 1. The molecular weight excluding hydrogens is 396 g/mol. The quantitative estimate of drug-likeness (QED) is 0.467. The number of furan rings is 1. The molecule has 6 nitrogen and oxygen atoms in total. The van der Waals surface area contributed by atoms with Crippen molar-refractivity contribution in [3.63, 3.8) is 0 Å². The second-order valence-corrected chi connectivity index (χ2v) is 8.33. The maximum Gasteiger partial charge on any atom is 0.342 e. The van der Waals surface area contributed by atoms with Gasteiger partial charge in [-0.15, -0.1) is 22.7 Å². The van der Waals surface area contributed by atoms with Crippen molar-refractivity contribution in [2.75, 3.05) is 0 Å². The molecular formula is C20H18N2O4S2. The highest BCUT2D eigenvalue weighted by Crippen LogP contribution is 2.34. The maximum atomic E-state index is 12.7. The minimum Gasteiger partial charge on any atom is -0.465 e. The number of thiophene rings is 2. The molecule has 0 saturated carbocycles. The highest BCUT2D eigenvalue weighted by Gasteiger charge is 2.24. The van der Waals surface area contributed by atoms with Crippen LogP contribution in [0.25, 0.3) is 20.7 Å². The van der Waals surface area contributed by atoms with Crippen LogP contribution in [0.3, 0.4) is 0 Å². The summed E-state index contributed by atoms with van der Waals surface area (Å²) < 4.78 is 11.1. The largest absolute Gasteiger partial charge is 0.465 e. The van der Waals surface area contributed by atoms with Crippen molar-refractivity contribution in [1.29, 1.82) is 0 Å². The number of nitrogens with one attached hydrogen (secondary N) is 1. The minimum atomic E-state index is -0.703. The third kappa shape index (κ3) is 3.08. The Morgan fingerprint density at radius 3 is 2.68 bits per heavy atom. The van der Waals surface area contributed by atoms with E-state index in [9.17, 15) is 9.59 Å². The van der Waals surface area contributed by atoms with E-state index >= 15 is 0 Å². The average molecular weight is 415 g/mol. The number of carbonyl (C=O) groups is 1. The van der Waals surface area contributed by atoms with Gasteiger partial charge in [0.2, 0.25) is 0 Å². The summed E-state index contributed by atoms with van der Waals surface area (Å²) in [5.41, 5.74) is 1.81. The third-order valence-corrected chi connectivity index (χ3v) is 6.46. The number of fused-ring (bicyclic) bond motifs is 1. The monoisotopic (exact) mass is 414 g/mol. The van der Waals surface area contributed by atoms with E-state index in [1.807, 2.05) is 29.8 Å². The fraction of sp³-hybridized carbons (Fsp3) is 0.250. The minimum absolute atomic E-state index is 0.237. The van der Waals surface area contributed by atoms with Crippen molar-refractivity contribution in [2.45, 2.75) is 33.8 Å². The highest BCUT2D eigenvalue weighted by atomic mass is 32.1. The van der Waals surface area contributed by atoms with Gasteiger partial charge in [0.1, 0.15) is 21.9 Å². The molecule has 0 aliphatic carbocycles. The van der Waals surface area contributed by atoms with Crippen molar-refractivity contribution in [1.82, 2.24) is 9.97 Å². The van der Waals surface area contributed by atoms with Crippen LogP contribution in [-0.4, -0.2) is 15.9 Å². The zero-order chi connectivity index (χ0) is 20.0. The van der Waals surface area contributed by atoms with Gasteiger partial charge in [0.15, 0.2) is 11.9 Å². The van der Waals surface area contributed by atoms with Crippen LogP contribution in [0.15, 0.2) is 32.1 Å². The molecule has 0 aliphatic rings. The number of aromatic nitrogens is 2. The van der Waals surface area contributed by atoms with Crippen LogP contribution in [0.2, 0.25) is 0 Å². The van der Waals surface area contributed by atoms with Crippen LogP contribution in [0.4, 0.5) is 0 Å². The lowest BCUT2D eigenvalue weighted by atomic mass is 10.1. The molecule has 8 heteroatoms. The van der Waals surface area contributed by atoms with Crippen molar-refractivity contribution < 1.29 is 13.9 Å². The van der Waals surface area contributed by atoms with Gasteiger partial charge in [-0.1, -0.05) is 6.07 Å². The molecule has 1 atom stereocenters. The molecule has 0 amide bonds. The molecule has 4 aromatic rings. The molecule has 0 aliphatic heterocycles. The molecule has 0 saturated heterocycles. The fourth-order valence-electron chi connectivity index (χ4n) is 3.14. The van der Waals surface area contributed by atoms with E-state index < -0.39 is 12.1 Å². The summed E-state index contributed by atoms with van der Waals surface area (Å²) in [6.45, 7) is 7.03. The SMILES string of the molecule is Cc1oc(C)c(C(=O)O[C@@H](C)c2nc3scc(-c4cccs4)c3c(=O)[nH]2)c1C. The van der Waals surface area contributed by atoms with Gasteiger partial charge < -0.3 is 14.1 Å². The summed E-state index contributed by atoms with van der Waals surface area (Å²) in [4.78, 5) is 34.2. The van der Waals surface area contributed by atoms with Crippen LogP contribution in [0.1, 0.15) is 46.3 Å². The van der Waals surface area contributed by atoms with Crippen LogP contribution >= 0.6 is 22.7 Å². The smallest absolute Gasteiger partial charge is 0.342 e. The lowest BCUT2D eigenvalue weighted by Gasteiger charge is -2.12. The van der Waals surface area contributed by atoms with E-state index in [0.29, 0.717) is 33.1 Å². The Hall–Kier alpha value is -2.71. The van der Waals surface area contributed by atoms with Gasteiger partial charge in [-0.3, -0.25) is 4.79 Å². The Labute approximate surface area is 168 Å². The van der Waals surface area contributed by atoms with E-state index in [4.69, 9.17) is 9.15 Å². The van der Waals surface area contributed by atoms with E-state index in [0.717, 1.165) is 16.0 Å².